The molecular weight excluding hydrogens is 405 g/mol. The summed E-state index contributed by atoms with van der Waals surface area (Å²) >= 11 is 1.26. The van der Waals surface area contributed by atoms with Crippen LogP contribution in [0.5, 0.6) is 11.5 Å². The first-order valence-corrected chi connectivity index (χ1v) is 9.58. The van der Waals surface area contributed by atoms with Gasteiger partial charge in [0.25, 0.3) is 5.91 Å². The van der Waals surface area contributed by atoms with E-state index in [0.29, 0.717) is 29.2 Å². The van der Waals surface area contributed by atoms with Gasteiger partial charge in [0.15, 0.2) is 0 Å². The second-order valence-electron chi connectivity index (χ2n) is 6.42. The van der Waals surface area contributed by atoms with E-state index < -0.39 is 6.36 Å². The molecule has 2 heterocycles. The van der Waals surface area contributed by atoms with E-state index in [1.54, 1.807) is 23.7 Å². The Bertz CT molecular complexity index is 1020. The zero-order valence-electron chi connectivity index (χ0n) is 14.9. The van der Waals surface area contributed by atoms with Gasteiger partial charge in [-0.2, -0.15) is 0 Å². The van der Waals surface area contributed by atoms with Crippen molar-refractivity contribution in [3.63, 3.8) is 0 Å². The Hall–Kier alpha value is -3.07. The largest absolute Gasteiger partial charge is 0.573 e. The van der Waals surface area contributed by atoms with Gasteiger partial charge in [0.05, 0.1) is 18.3 Å². The molecule has 0 saturated heterocycles. The third kappa shape index (κ3) is 4.68. The fourth-order valence-corrected chi connectivity index (χ4v) is 3.64. The number of fused-ring (bicyclic) bond motifs is 1. The molecule has 29 heavy (non-hydrogen) atoms. The lowest BCUT2D eigenvalue weighted by molar-refractivity contribution is -0.274. The first-order chi connectivity index (χ1) is 13.9. The Kier molecular flexibility index (Phi) is 5.14. The first-order valence-electron chi connectivity index (χ1n) is 8.70. The van der Waals surface area contributed by atoms with Gasteiger partial charge in [-0.15, -0.1) is 24.5 Å². The number of ether oxygens (including phenoxy) is 2. The maximum Gasteiger partial charge on any atom is 0.573 e. The number of rotatable bonds is 5. The van der Waals surface area contributed by atoms with Gasteiger partial charge in [-0.25, -0.2) is 0 Å². The monoisotopic (exact) mass is 420 g/mol. The number of benzene rings is 2. The zero-order valence-corrected chi connectivity index (χ0v) is 15.7. The maximum atomic E-state index is 12.4. The minimum atomic E-state index is -4.73. The van der Waals surface area contributed by atoms with Gasteiger partial charge < -0.3 is 14.8 Å². The number of carbonyl (C=O) groups excluding carboxylic acids is 1. The Balaban J connectivity index is 1.43. The Labute approximate surface area is 168 Å². The minimum absolute atomic E-state index is 0.200. The van der Waals surface area contributed by atoms with Crippen molar-refractivity contribution in [2.75, 3.05) is 6.54 Å². The lowest BCUT2D eigenvalue weighted by atomic mass is 10.0. The average molecular weight is 420 g/mol. The summed E-state index contributed by atoms with van der Waals surface area (Å²) in [7, 11) is 0. The topological polar surface area (TPSA) is 60.5 Å². The van der Waals surface area contributed by atoms with E-state index in [1.165, 1.54) is 35.7 Å². The Morgan fingerprint density at radius 1 is 1.24 bits per heavy atom. The number of thiazole rings is 1. The van der Waals surface area contributed by atoms with Gasteiger partial charge in [-0.3, -0.25) is 9.78 Å². The van der Waals surface area contributed by atoms with Crippen molar-refractivity contribution in [3.05, 3.63) is 64.6 Å². The minimum Gasteiger partial charge on any atom is -0.488 e. The normalized spacial score (nSPS) is 15.5. The SMILES string of the molecule is O=C(NC[C@H]1Cc2cc(-c3cccc(OC(F)(F)F)c3)ccc2O1)c1cncs1. The second-order valence-corrected chi connectivity index (χ2v) is 7.30. The lowest BCUT2D eigenvalue weighted by Gasteiger charge is -2.11. The van der Waals surface area contributed by atoms with Crippen molar-refractivity contribution >= 4 is 17.2 Å². The third-order valence-electron chi connectivity index (χ3n) is 4.35. The molecule has 4 rings (SSSR count). The van der Waals surface area contributed by atoms with Crippen LogP contribution in [0, 0.1) is 0 Å². The summed E-state index contributed by atoms with van der Waals surface area (Å²) in [5.74, 6) is 0.234. The average Bonchev–Trinajstić information content (AvgIpc) is 3.34. The van der Waals surface area contributed by atoms with Crippen molar-refractivity contribution in [3.8, 4) is 22.6 Å². The number of hydrogen-bond donors (Lipinski definition) is 1. The molecule has 0 aliphatic carbocycles. The molecule has 0 bridgehead atoms. The van der Waals surface area contributed by atoms with Crippen LogP contribution in [0.15, 0.2) is 54.2 Å². The van der Waals surface area contributed by atoms with Gasteiger partial charge in [-0.1, -0.05) is 18.2 Å². The van der Waals surface area contributed by atoms with E-state index in [0.717, 1.165) is 11.1 Å². The standard InChI is InChI=1S/C20H15F3N2O3S/c21-20(22,23)28-15-3-1-2-12(7-15)13-4-5-17-14(6-13)8-16(27-17)9-25-19(26)18-10-24-11-29-18/h1-7,10-11,16H,8-9H2,(H,25,26)/t16-/m1/s1. The molecule has 1 aliphatic heterocycles. The first kappa shape index (κ1) is 19.3. The van der Waals surface area contributed by atoms with Crippen LogP contribution in [-0.2, 0) is 6.42 Å². The summed E-state index contributed by atoms with van der Waals surface area (Å²) in [6.07, 6.45) is -2.85. The third-order valence-corrected chi connectivity index (χ3v) is 5.12. The Morgan fingerprint density at radius 3 is 2.83 bits per heavy atom. The van der Waals surface area contributed by atoms with Gasteiger partial charge in [0, 0.05) is 6.42 Å². The van der Waals surface area contributed by atoms with Crippen molar-refractivity contribution in [1.82, 2.24) is 10.3 Å². The summed E-state index contributed by atoms with van der Waals surface area (Å²) in [6, 6.07) is 11.3. The van der Waals surface area contributed by atoms with E-state index >= 15 is 0 Å². The molecular formula is C20H15F3N2O3S. The molecule has 1 amide bonds. The molecule has 1 atom stereocenters. The number of halogens is 3. The van der Waals surface area contributed by atoms with E-state index in [2.05, 4.69) is 15.0 Å². The number of nitrogens with one attached hydrogen (secondary N) is 1. The summed E-state index contributed by atoms with van der Waals surface area (Å²) in [5, 5.41) is 2.82. The van der Waals surface area contributed by atoms with Gasteiger partial charge in [-0.05, 0) is 41.0 Å². The molecule has 5 nitrogen and oxygen atoms in total. The number of hydrogen-bond acceptors (Lipinski definition) is 5. The van der Waals surface area contributed by atoms with Crippen LogP contribution in [0.2, 0.25) is 0 Å². The molecule has 0 unspecified atom stereocenters. The molecule has 0 spiro atoms. The molecule has 0 radical (unpaired) electrons. The molecule has 1 aliphatic rings. The number of nitrogens with zero attached hydrogens (tertiary/aromatic N) is 1. The van der Waals surface area contributed by atoms with Crippen molar-refractivity contribution in [2.24, 2.45) is 0 Å². The van der Waals surface area contributed by atoms with E-state index in [1.807, 2.05) is 6.07 Å². The number of amides is 1. The summed E-state index contributed by atoms with van der Waals surface area (Å²) in [5.41, 5.74) is 3.89. The second kappa shape index (κ2) is 7.75. The summed E-state index contributed by atoms with van der Waals surface area (Å²) in [6.45, 7) is 0.343. The van der Waals surface area contributed by atoms with Crippen LogP contribution >= 0.6 is 11.3 Å². The van der Waals surface area contributed by atoms with Gasteiger partial charge >= 0.3 is 6.36 Å². The number of carbonyl (C=O) groups is 1. The highest BCUT2D eigenvalue weighted by Crippen LogP contribution is 2.34. The van der Waals surface area contributed by atoms with Crippen LogP contribution in [0.3, 0.4) is 0 Å². The molecule has 0 fully saturated rings. The number of alkyl halides is 3. The predicted octanol–water partition coefficient (Wildman–Crippen LogP) is 4.44. The fourth-order valence-electron chi connectivity index (χ4n) is 3.11. The smallest absolute Gasteiger partial charge is 0.488 e. The predicted molar refractivity (Wildman–Crippen MR) is 101 cm³/mol. The quantitative estimate of drug-likeness (QED) is 0.663. The molecule has 0 saturated carbocycles. The van der Waals surface area contributed by atoms with Gasteiger partial charge in [0.1, 0.15) is 22.5 Å². The van der Waals surface area contributed by atoms with Gasteiger partial charge in [0.2, 0.25) is 0 Å². The molecule has 1 aromatic heterocycles. The fraction of sp³-hybridized carbons (Fsp3) is 0.200. The zero-order chi connectivity index (χ0) is 20.4. The molecule has 1 N–H and O–H groups in total. The maximum absolute atomic E-state index is 12.4. The molecule has 9 heteroatoms. The van der Waals surface area contributed by atoms with Crippen LogP contribution in [-0.4, -0.2) is 29.9 Å². The van der Waals surface area contributed by atoms with Crippen LogP contribution in [0.1, 0.15) is 15.2 Å². The van der Waals surface area contributed by atoms with Crippen LogP contribution < -0.4 is 14.8 Å². The lowest BCUT2D eigenvalue weighted by Crippen LogP contribution is -2.34. The van der Waals surface area contributed by atoms with Crippen molar-refractivity contribution in [2.45, 2.75) is 18.9 Å². The van der Waals surface area contributed by atoms with Crippen molar-refractivity contribution in [1.29, 1.82) is 0 Å². The molecule has 2 aromatic carbocycles. The van der Waals surface area contributed by atoms with E-state index in [9.17, 15) is 18.0 Å². The Morgan fingerprint density at radius 2 is 2.07 bits per heavy atom. The van der Waals surface area contributed by atoms with Crippen LogP contribution in [0.4, 0.5) is 13.2 Å². The molecule has 150 valence electrons. The summed E-state index contributed by atoms with van der Waals surface area (Å²) < 4.78 is 47.2. The summed E-state index contributed by atoms with van der Waals surface area (Å²) in [4.78, 5) is 16.4. The highest BCUT2D eigenvalue weighted by atomic mass is 32.1. The molecule has 3 aromatic rings. The number of aromatic nitrogens is 1. The van der Waals surface area contributed by atoms with Crippen LogP contribution in [0.25, 0.3) is 11.1 Å². The van der Waals surface area contributed by atoms with E-state index in [-0.39, 0.29) is 17.8 Å². The highest BCUT2D eigenvalue weighted by Gasteiger charge is 2.31. The highest BCUT2D eigenvalue weighted by molar-refractivity contribution is 7.11. The van der Waals surface area contributed by atoms with E-state index in [4.69, 9.17) is 4.74 Å². The van der Waals surface area contributed by atoms with Crippen molar-refractivity contribution < 1.29 is 27.4 Å².